The van der Waals surface area contributed by atoms with Gasteiger partial charge in [0, 0.05) is 19.1 Å². The van der Waals surface area contributed by atoms with Crippen LogP contribution in [0.4, 0.5) is 0 Å². The lowest BCUT2D eigenvalue weighted by Gasteiger charge is -2.34. The Bertz CT molecular complexity index is 377. The van der Waals surface area contributed by atoms with Gasteiger partial charge in [-0.15, -0.1) is 0 Å². The molecule has 0 aromatic rings. The Balaban J connectivity index is 1.87. The second kappa shape index (κ2) is 7.76. The summed E-state index contributed by atoms with van der Waals surface area (Å²) in [6, 6.07) is 0.352. The van der Waals surface area contributed by atoms with Gasteiger partial charge in [-0.3, -0.25) is 0 Å². The first-order valence-electron chi connectivity index (χ1n) is 8.33. The normalized spacial score (nSPS) is 26.8. The van der Waals surface area contributed by atoms with E-state index in [-0.39, 0.29) is 0 Å². The number of piperidine rings is 1. The van der Waals surface area contributed by atoms with Crippen LogP contribution >= 0.6 is 0 Å². The van der Waals surface area contributed by atoms with Crippen LogP contribution in [-0.4, -0.2) is 44.2 Å². The van der Waals surface area contributed by atoms with E-state index in [1.54, 1.807) is 4.31 Å². The summed E-state index contributed by atoms with van der Waals surface area (Å²) in [6.45, 7) is 4.53. The Kier molecular flexibility index (Phi) is 6.30. The topological polar surface area (TPSA) is 49.4 Å². The molecule has 2 fully saturated rings. The molecule has 0 spiro atoms. The van der Waals surface area contributed by atoms with Gasteiger partial charge in [-0.25, -0.2) is 12.7 Å². The highest BCUT2D eigenvalue weighted by Gasteiger charge is 2.31. The molecule has 1 heterocycles. The van der Waals surface area contributed by atoms with Crippen LogP contribution in [0.2, 0.25) is 0 Å². The molecule has 20 heavy (non-hydrogen) atoms. The number of nitrogens with one attached hydrogen (secondary N) is 1. The van der Waals surface area contributed by atoms with Gasteiger partial charge in [0.15, 0.2) is 0 Å². The van der Waals surface area contributed by atoms with Crippen molar-refractivity contribution in [3.8, 4) is 0 Å². The van der Waals surface area contributed by atoms with Crippen molar-refractivity contribution in [2.45, 2.75) is 64.3 Å². The smallest absolute Gasteiger partial charge is 0.214 e. The quantitative estimate of drug-likeness (QED) is 0.819. The van der Waals surface area contributed by atoms with Gasteiger partial charge in [0.05, 0.1) is 5.75 Å². The molecule has 0 bridgehead atoms. The van der Waals surface area contributed by atoms with E-state index in [1.165, 1.54) is 19.3 Å². The van der Waals surface area contributed by atoms with Gasteiger partial charge >= 0.3 is 0 Å². The molecular weight excluding hydrogens is 272 g/mol. The molecule has 0 radical (unpaired) electrons. The van der Waals surface area contributed by atoms with Crippen LogP contribution in [-0.2, 0) is 10.0 Å². The maximum Gasteiger partial charge on any atom is 0.214 e. The fourth-order valence-corrected chi connectivity index (χ4v) is 5.42. The van der Waals surface area contributed by atoms with Crippen molar-refractivity contribution in [2.24, 2.45) is 5.92 Å². The lowest BCUT2D eigenvalue weighted by atomic mass is 9.91. The minimum absolute atomic E-state index is 0.352. The zero-order chi connectivity index (χ0) is 14.4. The lowest BCUT2D eigenvalue weighted by Crippen LogP contribution is -2.49. The minimum Gasteiger partial charge on any atom is -0.313 e. The maximum absolute atomic E-state index is 12.6. The van der Waals surface area contributed by atoms with Crippen molar-refractivity contribution in [1.82, 2.24) is 9.62 Å². The number of hydrogen-bond donors (Lipinski definition) is 1. The number of hydrogen-bond acceptors (Lipinski definition) is 3. The third-order valence-corrected chi connectivity index (χ3v) is 6.64. The molecule has 0 aromatic carbocycles. The summed E-state index contributed by atoms with van der Waals surface area (Å²) in [4.78, 5) is 0. The molecule has 1 saturated heterocycles. The summed E-state index contributed by atoms with van der Waals surface area (Å²) in [5.41, 5.74) is 0. The molecular formula is C15H30N2O2S. The molecule has 1 N–H and O–H groups in total. The van der Waals surface area contributed by atoms with Crippen LogP contribution in [0.15, 0.2) is 0 Å². The first kappa shape index (κ1) is 16.2. The minimum atomic E-state index is -3.05. The summed E-state index contributed by atoms with van der Waals surface area (Å²) < 4.78 is 26.9. The van der Waals surface area contributed by atoms with Gasteiger partial charge < -0.3 is 5.32 Å². The monoisotopic (exact) mass is 302 g/mol. The highest BCUT2D eigenvalue weighted by atomic mass is 32.2. The molecule has 118 valence electrons. The van der Waals surface area contributed by atoms with Crippen molar-refractivity contribution in [2.75, 3.05) is 25.4 Å². The van der Waals surface area contributed by atoms with Crippen LogP contribution in [0.1, 0.15) is 58.3 Å². The van der Waals surface area contributed by atoms with E-state index < -0.39 is 10.0 Å². The van der Waals surface area contributed by atoms with Crippen molar-refractivity contribution in [3.63, 3.8) is 0 Å². The molecule has 2 rings (SSSR count). The summed E-state index contributed by atoms with van der Waals surface area (Å²) in [7, 11) is -3.05. The summed E-state index contributed by atoms with van der Waals surface area (Å²) in [6.07, 6.45) is 9.10. The Morgan fingerprint density at radius 1 is 1.10 bits per heavy atom. The van der Waals surface area contributed by atoms with Gasteiger partial charge in [0.1, 0.15) is 0 Å². The average Bonchev–Trinajstić information content (AvgIpc) is 2.46. The van der Waals surface area contributed by atoms with Gasteiger partial charge in [0.25, 0.3) is 0 Å². The van der Waals surface area contributed by atoms with Crippen LogP contribution in [0, 0.1) is 5.92 Å². The Morgan fingerprint density at radius 3 is 2.55 bits per heavy atom. The zero-order valence-corrected chi connectivity index (χ0v) is 13.6. The van der Waals surface area contributed by atoms with Crippen LogP contribution in [0.25, 0.3) is 0 Å². The van der Waals surface area contributed by atoms with Crippen molar-refractivity contribution >= 4 is 10.0 Å². The molecule has 1 unspecified atom stereocenters. The molecule has 1 atom stereocenters. The van der Waals surface area contributed by atoms with E-state index in [2.05, 4.69) is 12.2 Å². The van der Waals surface area contributed by atoms with Gasteiger partial charge in [-0.1, -0.05) is 26.2 Å². The van der Waals surface area contributed by atoms with Crippen molar-refractivity contribution in [3.05, 3.63) is 0 Å². The van der Waals surface area contributed by atoms with E-state index >= 15 is 0 Å². The maximum atomic E-state index is 12.6. The third-order valence-electron chi connectivity index (χ3n) is 4.63. The van der Waals surface area contributed by atoms with E-state index in [9.17, 15) is 8.42 Å². The van der Waals surface area contributed by atoms with E-state index in [4.69, 9.17) is 0 Å². The van der Waals surface area contributed by atoms with Crippen LogP contribution < -0.4 is 5.32 Å². The van der Waals surface area contributed by atoms with E-state index in [1.807, 2.05) is 0 Å². The molecule has 1 saturated carbocycles. The Hall–Kier alpha value is -0.130. The molecule has 0 amide bonds. The lowest BCUT2D eigenvalue weighted by molar-refractivity contribution is 0.280. The number of nitrogens with zero attached hydrogens (tertiary/aromatic N) is 1. The fourth-order valence-electron chi connectivity index (χ4n) is 3.47. The standard InChI is InChI=1S/C15H30N2O2S/c1-2-10-16-15-9-6-11-17(12-15)20(18,19)13-14-7-4-3-5-8-14/h14-16H,2-13H2,1H3. The molecule has 2 aliphatic rings. The summed E-state index contributed by atoms with van der Waals surface area (Å²) in [5, 5.41) is 3.47. The first-order chi connectivity index (χ1) is 9.62. The van der Waals surface area contributed by atoms with Crippen LogP contribution in [0.3, 0.4) is 0 Å². The third kappa shape index (κ3) is 4.71. The van der Waals surface area contributed by atoms with Crippen molar-refractivity contribution < 1.29 is 8.42 Å². The van der Waals surface area contributed by atoms with Gasteiger partial charge in [0.2, 0.25) is 10.0 Å². The van der Waals surface area contributed by atoms with E-state index in [0.29, 0.717) is 24.3 Å². The fraction of sp³-hybridized carbons (Fsp3) is 1.00. The predicted octanol–water partition coefficient (Wildman–Crippen LogP) is 2.36. The Morgan fingerprint density at radius 2 is 1.85 bits per heavy atom. The molecule has 1 aliphatic heterocycles. The second-order valence-electron chi connectivity index (χ2n) is 6.43. The number of rotatable bonds is 6. The molecule has 1 aliphatic carbocycles. The highest BCUT2D eigenvalue weighted by Crippen LogP contribution is 2.26. The first-order valence-corrected chi connectivity index (χ1v) is 9.94. The largest absolute Gasteiger partial charge is 0.313 e. The van der Waals surface area contributed by atoms with Gasteiger partial charge in [-0.2, -0.15) is 0 Å². The summed E-state index contributed by atoms with van der Waals surface area (Å²) in [5.74, 6) is 0.783. The Labute approximate surface area is 124 Å². The SMILES string of the molecule is CCCNC1CCCN(S(=O)(=O)CC2CCCCC2)C1. The molecule has 4 nitrogen and oxygen atoms in total. The molecule has 5 heteroatoms. The molecule has 0 aromatic heterocycles. The number of sulfonamides is 1. The van der Waals surface area contributed by atoms with Crippen LogP contribution in [0.5, 0.6) is 0 Å². The van der Waals surface area contributed by atoms with Crippen molar-refractivity contribution in [1.29, 1.82) is 0 Å². The predicted molar refractivity (Wildman–Crippen MR) is 83.3 cm³/mol. The zero-order valence-electron chi connectivity index (χ0n) is 12.8. The second-order valence-corrected chi connectivity index (χ2v) is 8.45. The average molecular weight is 302 g/mol. The summed E-state index contributed by atoms with van der Waals surface area (Å²) >= 11 is 0. The highest BCUT2D eigenvalue weighted by molar-refractivity contribution is 7.89. The van der Waals surface area contributed by atoms with E-state index in [0.717, 1.165) is 45.2 Å². The van der Waals surface area contributed by atoms with Gasteiger partial charge in [-0.05, 0) is 44.6 Å².